The van der Waals surface area contributed by atoms with Crippen LogP contribution in [-0.4, -0.2) is 26.8 Å². The van der Waals surface area contributed by atoms with E-state index < -0.39 is 16.1 Å². The van der Waals surface area contributed by atoms with Crippen molar-refractivity contribution in [2.45, 2.75) is 0 Å². The molecule has 0 aliphatic heterocycles. The molecule has 22 heavy (non-hydrogen) atoms. The molecule has 7 heteroatoms. The Labute approximate surface area is 129 Å². The molecule has 0 heterocycles. The molecule has 2 rings (SSSR count). The summed E-state index contributed by atoms with van der Waals surface area (Å²) in [6.45, 7) is -0.0437. The van der Waals surface area contributed by atoms with Crippen LogP contribution in [0.1, 0.15) is 0 Å². The number of rotatable bonds is 6. The average molecular weight is 320 g/mol. The number of benzene rings is 2. The Balaban J connectivity index is 1.79. The normalized spacial score (nSPS) is 10.7. The molecule has 0 atom stereocenters. The first-order chi connectivity index (χ1) is 10.6. The van der Waals surface area contributed by atoms with Crippen molar-refractivity contribution in [1.29, 1.82) is 0 Å². The van der Waals surface area contributed by atoms with Gasteiger partial charge in [-0.2, -0.15) is 0 Å². The van der Waals surface area contributed by atoms with Gasteiger partial charge in [0.05, 0.1) is 0 Å². The highest BCUT2D eigenvalue weighted by atomic mass is 32.2. The van der Waals surface area contributed by atoms with Crippen LogP contribution in [-0.2, 0) is 10.0 Å². The van der Waals surface area contributed by atoms with Gasteiger partial charge in [0.25, 0.3) is 0 Å². The summed E-state index contributed by atoms with van der Waals surface area (Å²) in [5.74, 6) is 0.260. The predicted molar refractivity (Wildman–Crippen MR) is 84.3 cm³/mol. The van der Waals surface area contributed by atoms with Crippen LogP contribution in [0.2, 0.25) is 0 Å². The zero-order chi connectivity index (χ0) is 15.8. The second-order valence-electron chi connectivity index (χ2n) is 4.40. The Morgan fingerprint density at radius 1 is 0.955 bits per heavy atom. The van der Waals surface area contributed by atoms with Gasteiger partial charge >= 0.3 is 6.03 Å². The third-order valence-electron chi connectivity index (χ3n) is 2.64. The number of hydrogen-bond acceptors (Lipinski definition) is 4. The van der Waals surface area contributed by atoms with E-state index >= 15 is 0 Å². The maximum atomic E-state index is 11.8. The van der Waals surface area contributed by atoms with Gasteiger partial charge in [-0.1, -0.05) is 36.4 Å². The van der Waals surface area contributed by atoms with Gasteiger partial charge in [-0.15, -0.1) is 0 Å². The van der Waals surface area contributed by atoms with Crippen LogP contribution in [0.25, 0.3) is 0 Å². The van der Waals surface area contributed by atoms with E-state index in [0.29, 0.717) is 11.4 Å². The van der Waals surface area contributed by atoms with Gasteiger partial charge in [0.15, 0.2) is 0 Å². The molecule has 6 nitrogen and oxygen atoms in total. The standard InChI is InChI=1S/C15H16N2O4S/c18-15(16-13-7-3-1-4-8-13)17-22(19,20)12-11-21-14-9-5-2-6-10-14/h1-10H,11-12H2,(H2,16,17,18). The van der Waals surface area contributed by atoms with Crippen molar-refractivity contribution in [1.82, 2.24) is 4.72 Å². The topological polar surface area (TPSA) is 84.5 Å². The molecular weight excluding hydrogens is 304 g/mol. The average Bonchev–Trinajstić information content (AvgIpc) is 2.48. The van der Waals surface area contributed by atoms with Crippen LogP contribution in [0.4, 0.5) is 10.5 Å². The van der Waals surface area contributed by atoms with E-state index in [1.807, 2.05) is 10.8 Å². The summed E-state index contributed by atoms with van der Waals surface area (Å²) >= 11 is 0. The fraction of sp³-hybridized carbons (Fsp3) is 0.133. The van der Waals surface area contributed by atoms with Crippen molar-refractivity contribution in [2.24, 2.45) is 0 Å². The van der Waals surface area contributed by atoms with Crippen LogP contribution >= 0.6 is 0 Å². The first-order valence-electron chi connectivity index (χ1n) is 6.59. The third-order valence-corrected chi connectivity index (χ3v) is 3.84. The molecule has 0 bridgehead atoms. The van der Waals surface area contributed by atoms with Crippen molar-refractivity contribution in [3.8, 4) is 5.75 Å². The number of carbonyl (C=O) groups is 1. The molecule has 2 aromatic carbocycles. The highest BCUT2D eigenvalue weighted by molar-refractivity contribution is 7.90. The van der Waals surface area contributed by atoms with Crippen LogP contribution in [0.15, 0.2) is 60.7 Å². The number of anilines is 1. The van der Waals surface area contributed by atoms with E-state index in [9.17, 15) is 13.2 Å². The van der Waals surface area contributed by atoms with Crippen LogP contribution in [0.5, 0.6) is 5.75 Å². The van der Waals surface area contributed by atoms with Crippen LogP contribution in [0, 0.1) is 0 Å². The first-order valence-corrected chi connectivity index (χ1v) is 8.25. The van der Waals surface area contributed by atoms with Crippen molar-refractivity contribution in [3.05, 3.63) is 60.7 Å². The molecule has 2 amide bonds. The van der Waals surface area contributed by atoms with Gasteiger partial charge in [-0.3, -0.25) is 0 Å². The zero-order valence-corrected chi connectivity index (χ0v) is 12.5. The minimum atomic E-state index is -3.76. The molecule has 0 saturated carbocycles. The Hall–Kier alpha value is -2.54. The SMILES string of the molecule is O=C(Nc1ccccc1)NS(=O)(=O)CCOc1ccccc1. The number of para-hydroxylation sites is 2. The van der Waals surface area contributed by atoms with Crippen molar-refractivity contribution >= 4 is 21.7 Å². The van der Waals surface area contributed by atoms with Crippen LogP contribution in [0.3, 0.4) is 0 Å². The van der Waals surface area contributed by atoms with E-state index in [4.69, 9.17) is 4.74 Å². The lowest BCUT2D eigenvalue weighted by Crippen LogP contribution is -2.37. The van der Waals surface area contributed by atoms with E-state index in [-0.39, 0.29) is 12.4 Å². The number of ether oxygens (including phenoxy) is 1. The Morgan fingerprint density at radius 2 is 1.55 bits per heavy atom. The molecule has 0 aromatic heterocycles. The predicted octanol–water partition coefficient (Wildman–Crippen LogP) is 2.22. The molecule has 0 spiro atoms. The molecule has 116 valence electrons. The van der Waals surface area contributed by atoms with Crippen molar-refractivity contribution in [3.63, 3.8) is 0 Å². The van der Waals surface area contributed by atoms with Crippen molar-refractivity contribution in [2.75, 3.05) is 17.7 Å². The minimum absolute atomic E-state index is 0.0437. The lowest BCUT2D eigenvalue weighted by molar-refractivity contribution is 0.256. The number of carbonyl (C=O) groups excluding carboxylic acids is 1. The summed E-state index contributed by atoms with van der Waals surface area (Å²) in [5, 5.41) is 2.44. The highest BCUT2D eigenvalue weighted by Crippen LogP contribution is 2.08. The lowest BCUT2D eigenvalue weighted by Gasteiger charge is -2.09. The molecule has 0 saturated heterocycles. The summed E-state index contributed by atoms with van der Waals surface area (Å²) in [6, 6.07) is 16.6. The lowest BCUT2D eigenvalue weighted by atomic mass is 10.3. The Kier molecular flexibility index (Phi) is 5.37. The number of nitrogens with one attached hydrogen (secondary N) is 2. The molecule has 2 N–H and O–H groups in total. The summed E-state index contributed by atoms with van der Waals surface area (Å²) in [4.78, 5) is 11.6. The summed E-state index contributed by atoms with van der Waals surface area (Å²) < 4.78 is 30.8. The molecule has 0 radical (unpaired) electrons. The molecule has 2 aromatic rings. The van der Waals surface area contributed by atoms with Gasteiger partial charge in [-0.25, -0.2) is 17.9 Å². The largest absolute Gasteiger partial charge is 0.492 e. The van der Waals surface area contributed by atoms with Gasteiger partial charge in [0.1, 0.15) is 18.1 Å². The molecule has 0 fully saturated rings. The van der Waals surface area contributed by atoms with E-state index in [1.165, 1.54) is 0 Å². The summed E-state index contributed by atoms with van der Waals surface area (Å²) in [5.41, 5.74) is 0.510. The van der Waals surface area contributed by atoms with Crippen molar-refractivity contribution < 1.29 is 17.9 Å². The number of hydrogen-bond donors (Lipinski definition) is 2. The molecule has 0 aliphatic carbocycles. The highest BCUT2D eigenvalue weighted by Gasteiger charge is 2.14. The van der Waals surface area contributed by atoms with Gasteiger partial charge in [-0.05, 0) is 24.3 Å². The summed E-state index contributed by atoms with van der Waals surface area (Å²) in [6.07, 6.45) is 0. The molecule has 0 aliphatic rings. The van der Waals surface area contributed by atoms with Gasteiger partial charge in [0.2, 0.25) is 10.0 Å². The zero-order valence-electron chi connectivity index (χ0n) is 11.7. The minimum Gasteiger partial charge on any atom is -0.492 e. The maximum Gasteiger partial charge on any atom is 0.332 e. The second kappa shape index (κ2) is 7.46. The quantitative estimate of drug-likeness (QED) is 0.854. The number of sulfonamides is 1. The number of amides is 2. The van der Waals surface area contributed by atoms with E-state index in [1.54, 1.807) is 54.6 Å². The monoisotopic (exact) mass is 320 g/mol. The Bertz CT molecular complexity index is 703. The van der Waals surface area contributed by atoms with E-state index in [0.717, 1.165) is 0 Å². The van der Waals surface area contributed by atoms with Crippen LogP contribution < -0.4 is 14.8 Å². The molecule has 0 unspecified atom stereocenters. The van der Waals surface area contributed by atoms with Gasteiger partial charge in [0, 0.05) is 5.69 Å². The number of urea groups is 1. The molecular formula is C15H16N2O4S. The summed E-state index contributed by atoms with van der Waals surface area (Å²) in [7, 11) is -3.76. The Morgan fingerprint density at radius 3 is 2.18 bits per heavy atom. The fourth-order valence-electron chi connectivity index (χ4n) is 1.66. The van der Waals surface area contributed by atoms with Gasteiger partial charge < -0.3 is 10.1 Å². The fourth-order valence-corrected chi connectivity index (χ4v) is 2.39. The van der Waals surface area contributed by atoms with E-state index in [2.05, 4.69) is 5.32 Å². The maximum absolute atomic E-state index is 11.8. The first kappa shape index (κ1) is 15.8. The second-order valence-corrected chi connectivity index (χ2v) is 6.24. The third kappa shape index (κ3) is 5.45. The smallest absolute Gasteiger partial charge is 0.332 e.